The molecule has 0 atom stereocenters. The van der Waals surface area contributed by atoms with Crippen LogP contribution in [0.3, 0.4) is 0 Å². The number of hydrazone groups is 1. The Balaban J connectivity index is 1.72. The molecule has 0 bridgehead atoms. The average molecular weight is 382 g/mol. The first kappa shape index (κ1) is 18.7. The number of nitrogens with one attached hydrogen (secondary N) is 1. The van der Waals surface area contributed by atoms with Crippen molar-refractivity contribution in [2.75, 3.05) is 5.73 Å². The van der Waals surface area contributed by atoms with Gasteiger partial charge in [-0.15, -0.1) is 0 Å². The lowest BCUT2D eigenvalue weighted by Gasteiger charge is -2.06. The molecule has 0 saturated heterocycles. The third-order valence-corrected chi connectivity index (χ3v) is 4.62. The maximum atomic E-state index is 12.1. The fourth-order valence-corrected chi connectivity index (χ4v) is 2.89. The molecular formula is C20H20ClN5O. The van der Waals surface area contributed by atoms with Gasteiger partial charge in [-0.2, -0.15) is 10.2 Å². The van der Waals surface area contributed by atoms with Crippen LogP contribution in [-0.2, 0) is 6.54 Å². The zero-order valence-electron chi connectivity index (χ0n) is 15.1. The van der Waals surface area contributed by atoms with E-state index < -0.39 is 0 Å². The van der Waals surface area contributed by atoms with E-state index in [9.17, 15) is 4.79 Å². The third-order valence-electron chi connectivity index (χ3n) is 4.25. The van der Waals surface area contributed by atoms with E-state index in [0.717, 1.165) is 22.5 Å². The Bertz CT molecular complexity index is 992. The number of anilines is 1. The fraction of sp³-hybridized carbons (Fsp3) is 0.150. The molecule has 1 amide bonds. The second kappa shape index (κ2) is 8.05. The lowest BCUT2D eigenvalue weighted by Crippen LogP contribution is -2.17. The lowest BCUT2D eigenvalue weighted by molar-refractivity contribution is 0.0955. The number of halogens is 1. The normalized spacial score (nSPS) is 11.1. The minimum absolute atomic E-state index is 0.301. The molecule has 0 aliphatic heterocycles. The molecule has 0 fully saturated rings. The Kier molecular flexibility index (Phi) is 5.57. The molecule has 0 radical (unpaired) electrons. The number of carbonyl (C=O) groups excluding carboxylic acids is 1. The van der Waals surface area contributed by atoms with Gasteiger partial charge in [-0.25, -0.2) is 5.43 Å². The van der Waals surface area contributed by atoms with Gasteiger partial charge < -0.3 is 5.73 Å². The van der Waals surface area contributed by atoms with Crippen molar-refractivity contribution in [1.29, 1.82) is 0 Å². The molecule has 1 aromatic heterocycles. The summed E-state index contributed by atoms with van der Waals surface area (Å²) >= 11 is 6.24. The van der Waals surface area contributed by atoms with E-state index in [1.54, 1.807) is 30.5 Å². The Labute approximate surface area is 162 Å². The summed E-state index contributed by atoms with van der Waals surface area (Å²) in [4.78, 5) is 12.1. The van der Waals surface area contributed by atoms with Gasteiger partial charge in [-0.3, -0.25) is 9.48 Å². The molecule has 6 nitrogen and oxygen atoms in total. The van der Waals surface area contributed by atoms with E-state index in [0.29, 0.717) is 22.8 Å². The highest BCUT2D eigenvalue weighted by Gasteiger charge is 2.11. The first-order valence-corrected chi connectivity index (χ1v) is 8.80. The molecule has 3 N–H and O–H groups in total. The first-order valence-electron chi connectivity index (χ1n) is 8.42. The number of carbonyl (C=O) groups is 1. The van der Waals surface area contributed by atoms with E-state index in [1.165, 1.54) is 0 Å². The van der Waals surface area contributed by atoms with Crippen LogP contribution in [0.2, 0.25) is 5.02 Å². The lowest BCUT2D eigenvalue weighted by atomic mass is 10.2. The highest BCUT2D eigenvalue weighted by atomic mass is 35.5. The standard InChI is InChI=1S/C20H20ClN5O/c1-13-18(11-23-24-20(27)15-7-9-17(22)10-8-15)14(2)26(25-13)12-16-5-3-4-6-19(16)21/h3-11H,12,22H2,1-2H3,(H,24,27)/b23-11+. The zero-order chi connectivity index (χ0) is 19.4. The Morgan fingerprint density at radius 3 is 2.63 bits per heavy atom. The number of hydrogen-bond donors (Lipinski definition) is 2. The summed E-state index contributed by atoms with van der Waals surface area (Å²) in [5, 5.41) is 9.32. The Morgan fingerprint density at radius 2 is 1.93 bits per heavy atom. The average Bonchev–Trinajstić information content (AvgIpc) is 2.91. The number of amides is 1. The number of hydrogen-bond acceptors (Lipinski definition) is 4. The van der Waals surface area contributed by atoms with Crippen LogP contribution in [0.25, 0.3) is 0 Å². The molecule has 3 aromatic rings. The third kappa shape index (κ3) is 4.35. The van der Waals surface area contributed by atoms with E-state index >= 15 is 0 Å². The second-order valence-corrected chi connectivity index (χ2v) is 6.56. The van der Waals surface area contributed by atoms with E-state index in [1.807, 2.05) is 42.8 Å². The molecule has 0 aliphatic carbocycles. The van der Waals surface area contributed by atoms with E-state index in [2.05, 4.69) is 15.6 Å². The van der Waals surface area contributed by atoms with Crippen LogP contribution < -0.4 is 11.2 Å². The van der Waals surface area contributed by atoms with E-state index in [-0.39, 0.29) is 5.91 Å². The molecule has 1 heterocycles. The largest absolute Gasteiger partial charge is 0.399 e. The van der Waals surface area contributed by atoms with Crippen molar-refractivity contribution in [3.8, 4) is 0 Å². The predicted molar refractivity (Wildman–Crippen MR) is 108 cm³/mol. The number of nitrogens with zero attached hydrogens (tertiary/aromatic N) is 3. The second-order valence-electron chi connectivity index (χ2n) is 6.15. The fourth-order valence-electron chi connectivity index (χ4n) is 2.69. The van der Waals surface area contributed by atoms with Gasteiger partial charge in [0, 0.05) is 27.5 Å². The van der Waals surface area contributed by atoms with Crippen LogP contribution in [0.15, 0.2) is 53.6 Å². The van der Waals surface area contributed by atoms with Crippen molar-refractivity contribution in [1.82, 2.24) is 15.2 Å². The van der Waals surface area contributed by atoms with Gasteiger partial charge in [0.15, 0.2) is 0 Å². The van der Waals surface area contributed by atoms with Crippen molar-refractivity contribution in [3.05, 3.63) is 81.6 Å². The number of benzene rings is 2. The SMILES string of the molecule is Cc1nn(Cc2ccccc2Cl)c(C)c1/C=N/NC(=O)c1ccc(N)cc1. The van der Waals surface area contributed by atoms with Gasteiger partial charge in [0.05, 0.1) is 18.5 Å². The summed E-state index contributed by atoms with van der Waals surface area (Å²) in [6, 6.07) is 14.3. The predicted octanol–water partition coefficient (Wildman–Crippen LogP) is 3.55. The van der Waals surface area contributed by atoms with Crippen molar-refractivity contribution in [3.63, 3.8) is 0 Å². The van der Waals surface area contributed by atoms with Gasteiger partial charge in [-0.1, -0.05) is 29.8 Å². The Hall–Kier alpha value is -3.12. The molecule has 0 saturated carbocycles. The molecule has 138 valence electrons. The maximum absolute atomic E-state index is 12.1. The number of nitrogens with two attached hydrogens (primary N) is 1. The smallest absolute Gasteiger partial charge is 0.271 e. The number of nitrogen functional groups attached to an aromatic ring is 1. The summed E-state index contributed by atoms with van der Waals surface area (Å²) in [6.45, 7) is 4.43. The molecule has 2 aromatic carbocycles. The van der Waals surface area contributed by atoms with Crippen LogP contribution in [0, 0.1) is 13.8 Å². The summed E-state index contributed by atoms with van der Waals surface area (Å²) in [5.74, 6) is -0.301. The van der Waals surface area contributed by atoms with E-state index in [4.69, 9.17) is 17.3 Å². The van der Waals surface area contributed by atoms with Crippen molar-refractivity contribution in [2.24, 2.45) is 5.10 Å². The van der Waals surface area contributed by atoms with Crippen LogP contribution in [0.5, 0.6) is 0 Å². The van der Waals surface area contributed by atoms with Gasteiger partial charge >= 0.3 is 0 Å². The van der Waals surface area contributed by atoms with Gasteiger partial charge in [0.1, 0.15) is 0 Å². The minimum atomic E-state index is -0.301. The topological polar surface area (TPSA) is 85.3 Å². The van der Waals surface area contributed by atoms with Crippen LogP contribution in [0.4, 0.5) is 5.69 Å². The van der Waals surface area contributed by atoms with Crippen molar-refractivity contribution >= 4 is 29.4 Å². The summed E-state index contributed by atoms with van der Waals surface area (Å²) in [6.07, 6.45) is 1.61. The van der Waals surface area contributed by atoms with Crippen LogP contribution in [0.1, 0.15) is 32.9 Å². The van der Waals surface area contributed by atoms with Gasteiger partial charge in [-0.05, 0) is 49.7 Å². The summed E-state index contributed by atoms with van der Waals surface area (Å²) in [7, 11) is 0. The van der Waals surface area contributed by atoms with Crippen LogP contribution in [-0.4, -0.2) is 21.9 Å². The monoisotopic (exact) mass is 381 g/mol. The molecular weight excluding hydrogens is 362 g/mol. The van der Waals surface area contributed by atoms with Crippen molar-refractivity contribution < 1.29 is 4.79 Å². The molecule has 0 spiro atoms. The molecule has 0 unspecified atom stereocenters. The quantitative estimate of drug-likeness (QED) is 0.402. The summed E-state index contributed by atoms with van der Waals surface area (Å²) < 4.78 is 1.87. The molecule has 3 rings (SSSR count). The van der Waals surface area contributed by atoms with Crippen molar-refractivity contribution in [2.45, 2.75) is 20.4 Å². The maximum Gasteiger partial charge on any atom is 0.271 e. The molecule has 27 heavy (non-hydrogen) atoms. The number of aryl methyl sites for hydroxylation is 1. The highest BCUT2D eigenvalue weighted by Crippen LogP contribution is 2.18. The number of aromatic nitrogens is 2. The highest BCUT2D eigenvalue weighted by molar-refractivity contribution is 6.31. The van der Waals surface area contributed by atoms with Gasteiger partial charge in [0.2, 0.25) is 0 Å². The van der Waals surface area contributed by atoms with Gasteiger partial charge in [0.25, 0.3) is 5.91 Å². The number of rotatable bonds is 5. The molecule has 7 heteroatoms. The first-order chi connectivity index (χ1) is 13.0. The zero-order valence-corrected chi connectivity index (χ0v) is 15.9. The minimum Gasteiger partial charge on any atom is -0.399 e. The molecule has 0 aliphatic rings. The summed E-state index contributed by atoms with van der Waals surface area (Å²) in [5.41, 5.74) is 12.9. The Morgan fingerprint density at radius 1 is 1.22 bits per heavy atom. The van der Waals surface area contributed by atoms with Crippen LogP contribution >= 0.6 is 11.6 Å².